The molecule has 2 amide bonds. The second-order valence-corrected chi connectivity index (χ2v) is 6.28. The number of carbonyl (C=O) groups excluding carboxylic acids is 2. The van der Waals surface area contributed by atoms with Crippen LogP contribution >= 0.6 is 12.4 Å². The highest BCUT2D eigenvalue weighted by atomic mass is 35.5. The Morgan fingerprint density at radius 3 is 2.74 bits per heavy atom. The Bertz CT molecular complexity index is 555. The molecule has 3 rings (SSSR count). The van der Waals surface area contributed by atoms with E-state index in [9.17, 15) is 9.59 Å². The van der Waals surface area contributed by atoms with Gasteiger partial charge in [0.05, 0.1) is 5.92 Å². The van der Waals surface area contributed by atoms with E-state index in [1.54, 1.807) is 4.90 Å². The molecule has 0 aromatic heterocycles. The average molecular weight is 338 g/mol. The minimum absolute atomic E-state index is 0. The van der Waals surface area contributed by atoms with Crippen LogP contribution in [0, 0.1) is 12.8 Å². The zero-order valence-electron chi connectivity index (χ0n) is 13.4. The third-order valence-corrected chi connectivity index (χ3v) is 4.53. The molecule has 6 heteroatoms. The highest BCUT2D eigenvalue weighted by Gasteiger charge is 2.35. The van der Waals surface area contributed by atoms with Gasteiger partial charge in [-0.1, -0.05) is 17.7 Å². The van der Waals surface area contributed by atoms with Gasteiger partial charge in [0.15, 0.2) is 0 Å². The van der Waals surface area contributed by atoms with Gasteiger partial charge in [0, 0.05) is 31.2 Å². The summed E-state index contributed by atoms with van der Waals surface area (Å²) < 4.78 is 0. The van der Waals surface area contributed by atoms with E-state index in [4.69, 9.17) is 0 Å². The second-order valence-electron chi connectivity index (χ2n) is 6.28. The number of hydrogen-bond donors (Lipinski definition) is 2. The van der Waals surface area contributed by atoms with E-state index in [0.29, 0.717) is 25.6 Å². The fraction of sp³-hybridized carbons (Fsp3) is 0.529. The van der Waals surface area contributed by atoms with Gasteiger partial charge in [-0.3, -0.25) is 9.59 Å². The quantitative estimate of drug-likeness (QED) is 0.878. The van der Waals surface area contributed by atoms with Crippen LogP contribution in [0.15, 0.2) is 24.3 Å². The number of benzene rings is 1. The summed E-state index contributed by atoms with van der Waals surface area (Å²) in [6.45, 7) is 4.19. The molecule has 2 heterocycles. The molecular weight excluding hydrogens is 314 g/mol. The Labute approximate surface area is 143 Å². The lowest BCUT2D eigenvalue weighted by atomic mass is 10.1. The third-order valence-electron chi connectivity index (χ3n) is 4.53. The first-order valence-electron chi connectivity index (χ1n) is 8.01. The van der Waals surface area contributed by atoms with Crippen molar-refractivity contribution in [2.24, 2.45) is 5.92 Å². The van der Waals surface area contributed by atoms with E-state index in [1.807, 2.05) is 31.2 Å². The smallest absolute Gasteiger partial charge is 0.227 e. The van der Waals surface area contributed by atoms with Gasteiger partial charge in [-0.15, -0.1) is 12.4 Å². The van der Waals surface area contributed by atoms with Crippen molar-refractivity contribution < 1.29 is 9.59 Å². The predicted octanol–water partition coefficient (Wildman–Crippen LogP) is 1.64. The number of anilines is 1. The van der Waals surface area contributed by atoms with Gasteiger partial charge in [0.1, 0.15) is 0 Å². The molecule has 1 aromatic rings. The Kier molecular flexibility index (Phi) is 6.02. The minimum atomic E-state index is -0.241. The van der Waals surface area contributed by atoms with Crippen molar-refractivity contribution in [2.45, 2.75) is 32.2 Å². The summed E-state index contributed by atoms with van der Waals surface area (Å²) in [6, 6.07) is 8.24. The first-order valence-corrected chi connectivity index (χ1v) is 8.01. The molecule has 2 saturated heterocycles. The van der Waals surface area contributed by atoms with Crippen molar-refractivity contribution in [2.75, 3.05) is 24.5 Å². The third kappa shape index (κ3) is 4.24. The Morgan fingerprint density at radius 2 is 2.09 bits per heavy atom. The van der Waals surface area contributed by atoms with Crippen molar-refractivity contribution in [1.29, 1.82) is 0 Å². The fourth-order valence-corrected chi connectivity index (χ4v) is 3.16. The number of aryl methyl sites for hydroxylation is 1. The number of amides is 2. The van der Waals surface area contributed by atoms with E-state index in [1.165, 1.54) is 6.42 Å². The lowest BCUT2D eigenvalue weighted by molar-refractivity contribution is -0.126. The van der Waals surface area contributed by atoms with E-state index in [2.05, 4.69) is 10.6 Å². The molecule has 23 heavy (non-hydrogen) atoms. The number of carbonyl (C=O) groups is 2. The molecule has 0 saturated carbocycles. The predicted molar refractivity (Wildman–Crippen MR) is 92.9 cm³/mol. The van der Waals surface area contributed by atoms with Crippen LogP contribution < -0.4 is 15.5 Å². The van der Waals surface area contributed by atoms with Crippen molar-refractivity contribution in [3.05, 3.63) is 29.8 Å². The van der Waals surface area contributed by atoms with Crippen LogP contribution in [0.25, 0.3) is 0 Å². The summed E-state index contributed by atoms with van der Waals surface area (Å²) in [5, 5.41) is 6.35. The fourth-order valence-electron chi connectivity index (χ4n) is 3.16. The second kappa shape index (κ2) is 7.79. The molecule has 126 valence electrons. The maximum absolute atomic E-state index is 12.3. The van der Waals surface area contributed by atoms with E-state index >= 15 is 0 Å². The van der Waals surface area contributed by atoms with Crippen LogP contribution in [-0.2, 0) is 9.59 Å². The number of nitrogens with zero attached hydrogens (tertiary/aromatic N) is 1. The summed E-state index contributed by atoms with van der Waals surface area (Å²) in [5.74, 6) is -0.213. The molecule has 2 N–H and O–H groups in total. The van der Waals surface area contributed by atoms with Gasteiger partial charge in [-0.2, -0.15) is 0 Å². The van der Waals surface area contributed by atoms with Gasteiger partial charge in [0.2, 0.25) is 11.8 Å². The van der Waals surface area contributed by atoms with E-state index in [-0.39, 0.29) is 30.1 Å². The van der Waals surface area contributed by atoms with E-state index in [0.717, 1.165) is 24.2 Å². The molecule has 2 aliphatic heterocycles. The van der Waals surface area contributed by atoms with Crippen LogP contribution in [0.4, 0.5) is 5.69 Å². The number of nitrogens with one attached hydrogen (secondary N) is 2. The van der Waals surface area contributed by atoms with Gasteiger partial charge in [-0.25, -0.2) is 0 Å². The maximum Gasteiger partial charge on any atom is 0.227 e. The summed E-state index contributed by atoms with van der Waals surface area (Å²) in [6.07, 6.45) is 2.58. The first-order chi connectivity index (χ1) is 10.6. The average Bonchev–Trinajstić information content (AvgIpc) is 3.15. The minimum Gasteiger partial charge on any atom is -0.354 e. The number of rotatable bonds is 4. The Hall–Kier alpha value is -1.59. The van der Waals surface area contributed by atoms with Gasteiger partial charge in [0.25, 0.3) is 0 Å². The molecule has 1 aromatic carbocycles. The Morgan fingerprint density at radius 1 is 1.35 bits per heavy atom. The molecule has 2 fully saturated rings. The van der Waals surface area contributed by atoms with Crippen LogP contribution in [0.5, 0.6) is 0 Å². The lowest BCUT2D eigenvalue weighted by Crippen LogP contribution is -2.40. The number of hydrogen-bond acceptors (Lipinski definition) is 3. The summed E-state index contributed by atoms with van der Waals surface area (Å²) in [5.41, 5.74) is 2.04. The van der Waals surface area contributed by atoms with Crippen molar-refractivity contribution in [3.63, 3.8) is 0 Å². The van der Waals surface area contributed by atoms with Crippen molar-refractivity contribution in [3.8, 4) is 0 Å². The van der Waals surface area contributed by atoms with Crippen LogP contribution in [0.3, 0.4) is 0 Å². The summed E-state index contributed by atoms with van der Waals surface area (Å²) in [7, 11) is 0. The molecule has 0 aliphatic carbocycles. The SMILES string of the molecule is Cc1ccc(N2CC(C(=O)NCC3CCCN3)CC2=O)cc1.Cl. The van der Waals surface area contributed by atoms with Crippen molar-refractivity contribution in [1.82, 2.24) is 10.6 Å². The topological polar surface area (TPSA) is 61.4 Å². The maximum atomic E-state index is 12.3. The molecule has 5 nitrogen and oxygen atoms in total. The summed E-state index contributed by atoms with van der Waals surface area (Å²) >= 11 is 0. The molecule has 2 aliphatic rings. The normalized spacial score (nSPS) is 23.7. The van der Waals surface area contributed by atoms with Crippen LogP contribution in [0.2, 0.25) is 0 Å². The van der Waals surface area contributed by atoms with Crippen LogP contribution in [-0.4, -0.2) is 37.5 Å². The number of halogens is 1. The molecule has 2 atom stereocenters. The van der Waals surface area contributed by atoms with Gasteiger partial charge < -0.3 is 15.5 Å². The molecule has 2 unspecified atom stereocenters. The zero-order valence-corrected chi connectivity index (χ0v) is 14.2. The molecule has 0 spiro atoms. The molecular formula is C17H24ClN3O2. The zero-order chi connectivity index (χ0) is 15.5. The monoisotopic (exact) mass is 337 g/mol. The lowest BCUT2D eigenvalue weighted by Gasteiger charge is -2.17. The Balaban J connectivity index is 0.00000192. The highest BCUT2D eigenvalue weighted by molar-refractivity contribution is 6.00. The van der Waals surface area contributed by atoms with Gasteiger partial charge >= 0.3 is 0 Å². The highest BCUT2D eigenvalue weighted by Crippen LogP contribution is 2.25. The van der Waals surface area contributed by atoms with Gasteiger partial charge in [-0.05, 0) is 38.4 Å². The molecule has 0 radical (unpaired) electrons. The van der Waals surface area contributed by atoms with Crippen molar-refractivity contribution >= 4 is 29.9 Å². The largest absolute Gasteiger partial charge is 0.354 e. The van der Waals surface area contributed by atoms with E-state index < -0.39 is 0 Å². The summed E-state index contributed by atoms with van der Waals surface area (Å²) in [4.78, 5) is 26.1. The van der Waals surface area contributed by atoms with Crippen LogP contribution in [0.1, 0.15) is 24.8 Å². The standard InChI is InChI=1S/C17H23N3O2.ClH/c1-12-4-6-15(7-5-12)20-11-13(9-16(20)21)17(22)19-10-14-3-2-8-18-14;/h4-7,13-14,18H,2-3,8-11H2,1H3,(H,19,22);1H. The molecule has 0 bridgehead atoms. The first kappa shape index (κ1) is 17.8.